The summed E-state index contributed by atoms with van der Waals surface area (Å²) in [6.07, 6.45) is 1.38. The highest BCUT2D eigenvalue weighted by Crippen LogP contribution is 2.32. The molecule has 3 rings (SSSR count). The maximum absolute atomic E-state index is 12.7. The first-order valence-electron chi connectivity index (χ1n) is 10.4. The minimum Gasteiger partial charge on any atom is -0.493 e. The maximum atomic E-state index is 12.7. The summed E-state index contributed by atoms with van der Waals surface area (Å²) in [4.78, 5) is 27.9. The van der Waals surface area contributed by atoms with E-state index in [0.717, 1.165) is 0 Å². The fourth-order valence-electron chi connectivity index (χ4n) is 3.17. The molecule has 0 amide bonds. The molecule has 33 heavy (non-hydrogen) atoms. The van der Waals surface area contributed by atoms with E-state index in [4.69, 9.17) is 24.1 Å². The number of ether oxygens (including phenoxy) is 4. The lowest BCUT2D eigenvalue weighted by Gasteiger charge is -2.16. The maximum Gasteiger partial charge on any atom is 0.307 e. The van der Waals surface area contributed by atoms with E-state index in [1.807, 2.05) is 6.92 Å². The number of benzene rings is 2. The Morgan fingerprint density at radius 3 is 2.42 bits per heavy atom. The molecule has 0 spiro atoms. The summed E-state index contributed by atoms with van der Waals surface area (Å²) in [5.74, 6) is 0.528. The molecule has 0 bridgehead atoms. The second-order valence-corrected chi connectivity index (χ2v) is 6.85. The van der Waals surface area contributed by atoms with Crippen LogP contribution in [0.2, 0.25) is 0 Å². The average molecular weight is 451 g/mol. The van der Waals surface area contributed by atoms with Crippen LogP contribution in [0.25, 0.3) is 0 Å². The predicted molar refractivity (Wildman–Crippen MR) is 121 cm³/mol. The van der Waals surface area contributed by atoms with E-state index < -0.39 is 5.97 Å². The number of hydrogen-bond donors (Lipinski definition) is 1. The van der Waals surface area contributed by atoms with Crippen molar-refractivity contribution in [2.24, 2.45) is 0 Å². The number of pyridine rings is 1. The topological polar surface area (TPSA) is 104 Å². The fourth-order valence-corrected chi connectivity index (χ4v) is 3.17. The smallest absolute Gasteiger partial charge is 0.307 e. The minimum atomic E-state index is -0.967. The van der Waals surface area contributed by atoms with E-state index in [9.17, 15) is 9.59 Å². The van der Waals surface area contributed by atoms with Gasteiger partial charge in [0.15, 0.2) is 23.0 Å². The lowest BCUT2D eigenvalue weighted by atomic mass is 10.1. The Hall–Kier alpha value is -4.07. The van der Waals surface area contributed by atoms with Gasteiger partial charge in [-0.3, -0.25) is 14.6 Å². The van der Waals surface area contributed by atoms with Crippen LogP contribution in [0.4, 0.5) is 0 Å². The molecule has 2 aromatic carbocycles. The number of carbonyl (C=O) groups is 2. The van der Waals surface area contributed by atoms with Crippen molar-refractivity contribution < 1.29 is 33.6 Å². The van der Waals surface area contributed by atoms with Crippen molar-refractivity contribution in [2.45, 2.75) is 13.3 Å². The van der Waals surface area contributed by atoms with Crippen LogP contribution in [-0.4, -0.2) is 48.8 Å². The number of ketones is 1. The van der Waals surface area contributed by atoms with Crippen molar-refractivity contribution in [3.8, 4) is 23.0 Å². The number of aromatic nitrogens is 1. The van der Waals surface area contributed by atoms with Crippen LogP contribution in [0.15, 0.2) is 60.8 Å². The van der Waals surface area contributed by atoms with Gasteiger partial charge in [0, 0.05) is 17.3 Å². The molecule has 1 N–H and O–H groups in total. The monoisotopic (exact) mass is 451 g/mol. The van der Waals surface area contributed by atoms with E-state index in [0.29, 0.717) is 46.4 Å². The largest absolute Gasteiger partial charge is 0.493 e. The van der Waals surface area contributed by atoms with E-state index in [1.54, 1.807) is 60.8 Å². The van der Waals surface area contributed by atoms with Gasteiger partial charge in [0.2, 0.25) is 5.78 Å². The predicted octanol–water partition coefficient (Wildman–Crippen LogP) is 3.80. The number of carbonyl (C=O) groups excluding carboxylic acids is 1. The first-order valence-corrected chi connectivity index (χ1v) is 10.4. The van der Waals surface area contributed by atoms with Gasteiger partial charge in [-0.05, 0) is 43.3 Å². The molecule has 0 fully saturated rings. The summed E-state index contributed by atoms with van der Waals surface area (Å²) in [6, 6.07) is 15.2. The number of carboxylic acids is 1. The molecule has 0 radical (unpaired) electrons. The Morgan fingerprint density at radius 1 is 0.909 bits per heavy atom. The summed E-state index contributed by atoms with van der Waals surface area (Å²) in [6.45, 7) is 2.55. The average Bonchev–Trinajstić information content (AvgIpc) is 2.83. The number of hydrogen-bond acceptors (Lipinski definition) is 7. The lowest BCUT2D eigenvalue weighted by molar-refractivity contribution is -0.136. The van der Waals surface area contributed by atoms with Gasteiger partial charge in [0.05, 0.1) is 20.1 Å². The Morgan fingerprint density at radius 2 is 1.73 bits per heavy atom. The van der Waals surface area contributed by atoms with Gasteiger partial charge in [0.25, 0.3) is 0 Å². The van der Waals surface area contributed by atoms with Gasteiger partial charge in [0.1, 0.15) is 18.9 Å². The molecule has 0 unspecified atom stereocenters. The van der Waals surface area contributed by atoms with Crippen molar-refractivity contribution in [3.05, 3.63) is 77.6 Å². The number of para-hydroxylation sites is 1. The molecule has 0 aliphatic heterocycles. The number of aliphatic carboxylic acids is 1. The molecule has 0 saturated carbocycles. The second-order valence-electron chi connectivity index (χ2n) is 6.85. The molecule has 0 aliphatic carbocycles. The zero-order chi connectivity index (χ0) is 23.6. The van der Waals surface area contributed by atoms with Crippen LogP contribution >= 0.6 is 0 Å². The van der Waals surface area contributed by atoms with Gasteiger partial charge in [-0.1, -0.05) is 18.2 Å². The van der Waals surface area contributed by atoms with E-state index in [1.165, 1.54) is 7.11 Å². The van der Waals surface area contributed by atoms with Gasteiger partial charge in [-0.2, -0.15) is 0 Å². The number of carboxylic acid groups (broad SMARTS) is 1. The van der Waals surface area contributed by atoms with Crippen molar-refractivity contribution in [1.29, 1.82) is 0 Å². The third-order valence-corrected chi connectivity index (χ3v) is 4.61. The van der Waals surface area contributed by atoms with Crippen LogP contribution in [0.1, 0.15) is 28.5 Å². The Bertz CT molecular complexity index is 1100. The number of methoxy groups -OCH3 is 1. The van der Waals surface area contributed by atoms with Crippen molar-refractivity contribution >= 4 is 11.8 Å². The summed E-state index contributed by atoms with van der Waals surface area (Å²) >= 11 is 0. The molecule has 8 heteroatoms. The molecule has 1 heterocycles. The summed E-state index contributed by atoms with van der Waals surface area (Å²) in [7, 11) is 1.49. The van der Waals surface area contributed by atoms with E-state index in [-0.39, 0.29) is 25.4 Å². The summed E-state index contributed by atoms with van der Waals surface area (Å²) in [5, 5.41) is 9.13. The highest BCUT2D eigenvalue weighted by Gasteiger charge is 2.16. The zero-order valence-electron chi connectivity index (χ0n) is 18.4. The van der Waals surface area contributed by atoms with E-state index in [2.05, 4.69) is 4.98 Å². The van der Waals surface area contributed by atoms with Crippen LogP contribution in [0, 0.1) is 0 Å². The van der Waals surface area contributed by atoms with Crippen LogP contribution in [0.3, 0.4) is 0 Å². The molecular formula is C25H25NO7. The molecule has 172 valence electrons. The third kappa shape index (κ3) is 6.22. The molecule has 0 saturated heterocycles. The molecule has 0 aliphatic rings. The van der Waals surface area contributed by atoms with Gasteiger partial charge in [-0.15, -0.1) is 0 Å². The number of nitrogens with zero attached hydrogens (tertiary/aromatic N) is 1. The Balaban J connectivity index is 1.68. The van der Waals surface area contributed by atoms with Crippen LogP contribution < -0.4 is 18.9 Å². The zero-order valence-corrected chi connectivity index (χ0v) is 18.4. The first-order chi connectivity index (χ1) is 16.0. The minimum absolute atomic E-state index is 0.146. The highest BCUT2D eigenvalue weighted by molar-refractivity contribution is 6.08. The Kier molecular flexibility index (Phi) is 8.24. The van der Waals surface area contributed by atoms with Crippen LogP contribution in [0.5, 0.6) is 23.0 Å². The third-order valence-electron chi connectivity index (χ3n) is 4.61. The van der Waals surface area contributed by atoms with Gasteiger partial charge >= 0.3 is 5.97 Å². The molecule has 3 aromatic rings. The van der Waals surface area contributed by atoms with E-state index >= 15 is 0 Å². The van der Waals surface area contributed by atoms with Gasteiger partial charge in [-0.25, -0.2) is 0 Å². The first kappa shape index (κ1) is 23.6. The fraction of sp³-hybridized carbons (Fsp3) is 0.240. The van der Waals surface area contributed by atoms with Crippen LogP contribution in [-0.2, 0) is 11.2 Å². The number of rotatable bonds is 12. The SMILES string of the molecule is CCOc1cc(C(=O)c2ccccn2)ccc1OCCOc1c(CC(=O)O)cccc1OC. The quantitative estimate of drug-likeness (QED) is 0.328. The second kappa shape index (κ2) is 11.5. The van der Waals surface area contributed by atoms with Gasteiger partial charge < -0.3 is 24.1 Å². The van der Waals surface area contributed by atoms with Crippen molar-refractivity contribution in [1.82, 2.24) is 4.98 Å². The normalized spacial score (nSPS) is 10.4. The molecule has 0 atom stereocenters. The molecule has 1 aromatic heterocycles. The van der Waals surface area contributed by atoms with Crippen molar-refractivity contribution in [3.63, 3.8) is 0 Å². The molecule has 8 nitrogen and oxygen atoms in total. The summed E-state index contributed by atoms with van der Waals surface area (Å²) in [5.41, 5.74) is 1.29. The summed E-state index contributed by atoms with van der Waals surface area (Å²) < 4.78 is 22.5. The molecular weight excluding hydrogens is 426 g/mol. The highest BCUT2D eigenvalue weighted by atomic mass is 16.5. The Labute approximate surface area is 191 Å². The van der Waals surface area contributed by atoms with Crippen molar-refractivity contribution in [2.75, 3.05) is 26.9 Å². The lowest BCUT2D eigenvalue weighted by Crippen LogP contribution is -2.13. The standard InChI is InChI=1S/C25H25NO7/c1-3-31-22-15-17(24(29)19-8-4-5-12-26-19)10-11-20(22)32-13-14-33-25-18(16-23(27)28)7-6-9-21(25)30-2/h4-12,15H,3,13-14,16H2,1-2H3,(H,27,28).